The Hall–Kier alpha value is -1.08. The third-order valence-corrected chi connectivity index (χ3v) is 3.91. The molecule has 4 nitrogen and oxygen atoms in total. The van der Waals surface area contributed by atoms with Gasteiger partial charge in [-0.2, -0.15) is 13.2 Å². The summed E-state index contributed by atoms with van der Waals surface area (Å²) in [6.45, 7) is 5.19. The first kappa shape index (κ1) is 15.3. The molecule has 0 aromatic carbocycles. The summed E-state index contributed by atoms with van der Waals surface area (Å²) in [4.78, 5) is 6.17. The van der Waals surface area contributed by atoms with Gasteiger partial charge < -0.3 is 10.3 Å². The van der Waals surface area contributed by atoms with E-state index >= 15 is 0 Å². The molecule has 1 unspecified atom stereocenters. The highest BCUT2D eigenvalue weighted by Gasteiger charge is 2.34. The maximum atomic E-state index is 12.5. The molecule has 114 valence electrons. The molecule has 1 aliphatic rings. The van der Waals surface area contributed by atoms with E-state index in [0.717, 1.165) is 19.5 Å². The molecule has 2 rings (SSSR count). The van der Waals surface area contributed by atoms with Crippen molar-refractivity contribution in [3.8, 4) is 0 Å². The molecule has 1 saturated heterocycles. The van der Waals surface area contributed by atoms with Gasteiger partial charge in [0.25, 0.3) is 0 Å². The second-order valence-corrected chi connectivity index (χ2v) is 6.18. The van der Waals surface area contributed by atoms with Gasteiger partial charge in [0.15, 0.2) is 0 Å². The second-order valence-electron chi connectivity index (χ2n) is 6.18. The molecule has 2 N–H and O–H groups in total. The monoisotopic (exact) mass is 290 g/mol. The molecule has 1 aromatic rings. The van der Waals surface area contributed by atoms with Crippen molar-refractivity contribution >= 4 is 0 Å². The minimum Gasteiger partial charge on any atom is -0.327 e. The fourth-order valence-corrected chi connectivity index (χ4v) is 2.65. The van der Waals surface area contributed by atoms with Crippen molar-refractivity contribution in [2.75, 3.05) is 13.1 Å². The van der Waals surface area contributed by atoms with Crippen LogP contribution in [0.5, 0.6) is 0 Å². The molecular formula is C13H21F3N4. The van der Waals surface area contributed by atoms with Crippen LogP contribution in [-0.2, 0) is 13.1 Å². The Balaban J connectivity index is 2.03. The van der Waals surface area contributed by atoms with E-state index in [9.17, 15) is 13.2 Å². The van der Waals surface area contributed by atoms with E-state index in [-0.39, 0.29) is 11.5 Å². The van der Waals surface area contributed by atoms with Gasteiger partial charge in [0.1, 0.15) is 12.4 Å². The van der Waals surface area contributed by atoms with Crippen molar-refractivity contribution in [3.63, 3.8) is 0 Å². The minimum absolute atomic E-state index is 0.0281. The van der Waals surface area contributed by atoms with Crippen molar-refractivity contribution in [2.24, 2.45) is 11.1 Å². The maximum absolute atomic E-state index is 12.5. The van der Waals surface area contributed by atoms with E-state index in [1.54, 1.807) is 0 Å². The Morgan fingerprint density at radius 2 is 2.15 bits per heavy atom. The third kappa shape index (κ3) is 3.73. The Kier molecular flexibility index (Phi) is 4.11. The van der Waals surface area contributed by atoms with Crippen LogP contribution in [0.25, 0.3) is 0 Å². The van der Waals surface area contributed by atoms with Gasteiger partial charge in [-0.1, -0.05) is 13.8 Å². The fourth-order valence-electron chi connectivity index (χ4n) is 2.65. The van der Waals surface area contributed by atoms with Crippen molar-refractivity contribution in [2.45, 2.75) is 45.6 Å². The number of rotatable bonds is 3. The largest absolute Gasteiger partial charge is 0.406 e. The van der Waals surface area contributed by atoms with E-state index < -0.39 is 12.7 Å². The van der Waals surface area contributed by atoms with Crippen molar-refractivity contribution in [3.05, 3.63) is 18.2 Å². The average Bonchev–Trinajstić information content (AvgIpc) is 2.68. The predicted molar refractivity (Wildman–Crippen MR) is 69.9 cm³/mol. The molecule has 0 amide bonds. The molecule has 0 radical (unpaired) electrons. The highest BCUT2D eigenvalue weighted by Crippen LogP contribution is 2.28. The van der Waals surface area contributed by atoms with Gasteiger partial charge in [0.05, 0.1) is 6.54 Å². The molecule has 1 aromatic heterocycles. The number of hydrogen-bond donors (Lipinski definition) is 1. The summed E-state index contributed by atoms with van der Waals surface area (Å²) in [7, 11) is 0. The smallest absolute Gasteiger partial charge is 0.327 e. The Bertz CT molecular complexity index is 453. The fraction of sp³-hybridized carbons (Fsp3) is 0.769. The van der Waals surface area contributed by atoms with Gasteiger partial charge in [0, 0.05) is 31.5 Å². The number of likely N-dealkylation sites (tertiary alicyclic amines) is 1. The standard InChI is InChI=1S/C13H21F3N4/c1-12(2)8-19(5-3-10(12)17)7-11-18-4-6-20(11)9-13(14,15)16/h4,6,10H,3,5,7-9,17H2,1-2H3. The zero-order valence-corrected chi connectivity index (χ0v) is 11.8. The number of imidazole rings is 1. The van der Waals surface area contributed by atoms with Crippen LogP contribution in [0, 0.1) is 5.41 Å². The molecule has 1 atom stereocenters. The summed E-state index contributed by atoms with van der Waals surface area (Å²) in [5.41, 5.74) is 6.04. The molecule has 0 bridgehead atoms. The van der Waals surface area contributed by atoms with Crippen LogP contribution >= 0.6 is 0 Å². The van der Waals surface area contributed by atoms with Gasteiger partial charge in [0.2, 0.25) is 0 Å². The molecule has 0 spiro atoms. The number of nitrogens with zero attached hydrogens (tertiary/aromatic N) is 3. The lowest BCUT2D eigenvalue weighted by Gasteiger charge is -2.42. The lowest BCUT2D eigenvalue weighted by atomic mass is 9.80. The molecule has 20 heavy (non-hydrogen) atoms. The van der Waals surface area contributed by atoms with E-state index in [1.165, 1.54) is 17.0 Å². The summed E-state index contributed by atoms with van der Waals surface area (Å²) in [6.07, 6.45) is -0.572. The number of aromatic nitrogens is 2. The Labute approximate surface area is 116 Å². The Morgan fingerprint density at radius 3 is 2.75 bits per heavy atom. The average molecular weight is 290 g/mol. The number of hydrogen-bond acceptors (Lipinski definition) is 3. The highest BCUT2D eigenvalue weighted by molar-refractivity contribution is 4.96. The van der Waals surface area contributed by atoms with Gasteiger partial charge in [-0.25, -0.2) is 4.98 Å². The molecule has 1 aliphatic heterocycles. The van der Waals surface area contributed by atoms with Crippen LogP contribution < -0.4 is 5.73 Å². The van der Waals surface area contributed by atoms with Crippen LogP contribution in [-0.4, -0.2) is 39.8 Å². The molecule has 0 saturated carbocycles. The molecule has 0 aliphatic carbocycles. The summed E-state index contributed by atoms with van der Waals surface area (Å²) in [5, 5.41) is 0. The van der Waals surface area contributed by atoms with Crippen molar-refractivity contribution in [1.82, 2.24) is 14.5 Å². The number of halogens is 3. The third-order valence-electron chi connectivity index (χ3n) is 3.91. The van der Waals surface area contributed by atoms with Gasteiger partial charge in [-0.3, -0.25) is 4.90 Å². The van der Waals surface area contributed by atoms with Crippen LogP contribution in [0.4, 0.5) is 13.2 Å². The highest BCUT2D eigenvalue weighted by atomic mass is 19.4. The molecular weight excluding hydrogens is 269 g/mol. The zero-order valence-electron chi connectivity index (χ0n) is 11.8. The van der Waals surface area contributed by atoms with Crippen LogP contribution in [0.1, 0.15) is 26.1 Å². The first-order valence-corrected chi connectivity index (χ1v) is 6.72. The lowest BCUT2D eigenvalue weighted by molar-refractivity contribution is -0.141. The lowest BCUT2D eigenvalue weighted by Crippen LogP contribution is -2.52. The van der Waals surface area contributed by atoms with Gasteiger partial charge >= 0.3 is 6.18 Å². The maximum Gasteiger partial charge on any atom is 0.406 e. The summed E-state index contributed by atoms with van der Waals surface area (Å²) in [5.74, 6) is 0.452. The van der Waals surface area contributed by atoms with Crippen LogP contribution in [0.3, 0.4) is 0 Å². The normalized spacial score (nSPS) is 24.0. The van der Waals surface area contributed by atoms with E-state index in [4.69, 9.17) is 5.73 Å². The Morgan fingerprint density at radius 1 is 1.45 bits per heavy atom. The van der Waals surface area contributed by atoms with Gasteiger partial charge in [-0.15, -0.1) is 0 Å². The SMILES string of the molecule is CC1(C)CN(Cc2nccn2CC(F)(F)F)CCC1N. The molecule has 2 heterocycles. The van der Waals surface area contributed by atoms with E-state index in [1.807, 2.05) is 0 Å². The minimum atomic E-state index is -4.22. The summed E-state index contributed by atoms with van der Waals surface area (Å²) >= 11 is 0. The number of piperidine rings is 1. The summed E-state index contributed by atoms with van der Waals surface area (Å²) in [6, 6.07) is 0.133. The summed E-state index contributed by atoms with van der Waals surface area (Å²) < 4.78 is 38.6. The number of nitrogens with two attached hydrogens (primary N) is 1. The topological polar surface area (TPSA) is 47.1 Å². The quantitative estimate of drug-likeness (QED) is 0.926. The first-order chi connectivity index (χ1) is 9.17. The van der Waals surface area contributed by atoms with Gasteiger partial charge in [-0.05, 0) is 11.8 Å². The second kappa shape index (κ2) is 5.37. The van der Waals surface area contributed by atoms with Crippen molar-refractivity contribution in [1.29, 1.82) is 0 Å². The van der Waals surface area contributed by atoms with Crippen LogP contribution in [0.15, 0.2) is 12.4 Å². The molecule has 7 heteroatoms. The van der Waals surface area contributed by atoms with E-state index in [2.05, 4.69) is 23.7 Å². The predicted octanol–water partition coefficient (Wildman–Crippen LogP) is 2.00. The first-order valence-electron chi connectivity index (χ1n) is 6.72. The number of alkyl halides is 3. The molecule has 1 fully saturated rings. The van der Waals surface area contributed by atoms with E-state index in [0.29, 0.717) is 12.4 Å². The van der Waals surface area contributed by atoms with Crippen LogP contribution in [0.2, 0.25) is 0 Å². The van der Waals surface area contributed by atoms with Crippen molar-refractivity contribution < 1.29 is 13.2 Å². The zero-order chi connectivity index (χ0) is 15.0.